The van der Waals surface area contributed by atoms with Gasteiger partial charge in [-0.1, -0.05) is 11.6 Å². The van der Waals surface area contributed by atoms with Crippen LogP contribution in [0.15, 0.2) is 34.8 Å². The van der Waals surface area contributed by atoms with Crippen LogP contribution in [-0.2, 0) is 6.54 Å². The number of halogens is 2. The summed E-state index contributed by atoms with van der Waals surface area (Å²) in [4.78, 5) is 0. The number of methoxy groups -OCH3 is 2. The molecule has 0 amide bonds. The largest absolute Gasteiger partial charge is 0.495 e. The molecule has 0 heterocycles. The van der Waals surface area contributed by atoms with Crippen molar-refractivity contribution < 1.29 is 14.2 Å². The Kier molecular flexibility index (Phi) is 6.42. The molecule has 0 saturated carbocycles. The predicted molar refractivity (Wildman–Crippen MR) is 97.2 cm³/mol. The summed E-state index contributed by atoms with van der Waals surface area (Å²) in [7, 11) is 3.22. The summed E-state index contributed by atoms with van der Waals surface area (Å²) in [6.07, 6.45) is 0. The molecule has 0 aliphatic rings. The van der Waals surface area contributed by atoms with E-state index in [1.165, 1.54) is 0 Å². The molecule has 0 spiro atoms. The molecule has 2 aromatic rings. The van der Waals surface area contributed by atoms with Crippen LogP contribution in [0.3, 0.4) is 0 Å². The molecule has 0 saturated heterocycles. The van der Waals surface area contributed by atoms with E-state index < -0.39 is 0 Å². The average molecular weight is 401 g/mol. The average Bonchev–Trinajstić information content (AvgIpc) is 2.53. The Bertz CT molecular complexity index is 679. The minimum atomic E-state index is 0.573. The quantitative estimate of drug-likeness (QED) is 0.699. The third-order valence-corrected chi connectivity index (χ3v) is 4.11. The zero-order chi connectivity index (χ0) is 16.8. The summed E-state index contributed by atoms with van der Waals surface area (Å²) in [6, 6.07) is 9.56. The van der Waals surface area contributed by atoms with Crippen LogP contribution in [0.1, 0.15) is 12.5 Å². The molecule has 2 rings (SSSR count). The van der Waals surface area contributed by atoms with E-state index in [1.54, 1.807) is 14.2 Å². The molecule has 0 fully saturated rings. The fourth-order valence-electron chi connectivity index (χ4n) is 2.16. The Labute approximate surface area is 149 Å². The first kappa shape index (κ1) is 17.8. The van der Waals surface area contributed by atoms with E-state index in [9.17, 15) is 0 Å². The van der Waals surface area contributed by atoms with Crippen LogP contribution in [0.25, 0.3) is 0 Å². The lowest BCUT2D eigenvalue weighted by Gasteiger charge is -2.14. The second-order valence-electron chi connectivity index (χ2n) is 4.74. The minimum absolute atomic E-state index is 0.573. The van der Waals surface area contributed by atoms with Crippen molar-refractivity contribution in [3.63, 3.8) is 0 Å². The zero-order valence-corrected chi connectivity index (χ0v) is 15.6. The Hall–Kier alpha value is -1.59. The van der Waals surface area contributed by atoms with Gasteiger partial charge in [-0.15, -0.1) is 0 Å². The first-order valence-electron chi connectivity index (χ1n) is 7.15. The number of nitrogens with one attached hydrogen (secondary N) is 1. The van der Waals surface area contributed by atoms with Crippen molar-refractivity contribution in [2.75, 3.05) is 26.1 Å². The van der Waals surface area contributed by atoms with E-state index >= 15 is 0 Å². The van der Waals surface area contributed by atoms with Crippen LogP contribution >= 0.6 is 27.5 Å². The normalized spacial score (nSPS) is 10.3. The third kappa shape index (κ3) is 4.45. The van der Waals surface area contributed by atoms with E-state index in [0.717, 1.165) is 15.7 Å². The molecule has 4 nitrogen and oxygen atoms in total. The topological polar surface area (TPSA) is 39.7 Å². The first-order valence-corrected chi connectivity index (χ1v) is 8.32. The highest BCUT2D eigenvalue weighted by molar-refractivity contribution is 9.10. The molecular formula is C17H19BrClNO3. The van der Waals surface area contributed by atoms with Gasteiger partial charge in [-0.3, -0.25) is 0 Å². The van der Waals surface area contributed by atoms with Gasteiger partial charge in [0.05, 0.1) is 30.3 Å². The standard InChI is InChI=1S/C17H19BrClNO3/c1-4-23-16-8-11(7-13(18)17(16)22-3)10-20-12-5-6-15(21-2)14(19)9-12/h5-9,20H,4,10H2,1-3H3. The van der Waals surface area contributed by atoms with Crippen LogP contribution in [0.2, 0.25) is 5.02 Å². The Morgan fingerprint density at radius 1 is 1.09 bits per heavy atom. The van der Waals surface area contributed by atoms with Crippen molar-refractivity contribution in [3.8, 4) is 17.2 Å². The highest BCUT2D eigenvalue weighted by Crippen LogP contribution is 2.37. The van der Waals surface area contributed by atoms with Gasteiger partial charge in [-0.2, -0.15) is 0 Å². The maximum absolute atomic E-state index is 6.13. The molecular weight excluding hydrogens is 382 g/mol. The number of benzene rings is 2. The van der Waals surface area contributed by atoms with Crippen molar-refractivity contribution in [3.05, 3.63) is 45.4 Å². The smallest absolute Gasteiger partial charge is 0.174 e. The lowest BCUT2D eigenvalue weighted by Crippen LogP contribution is -2.02. The lowest BCUT2D eigenvalue weighted by molar-refractivity contribution is 0.309. The van der Waals surface area contributed by atoms with Crippen molar-refractivity contribution in [2.24, 2.45) is 0 Å². The highest BCUT2D eigenvalue weighted by Gasteiger charge is 2.11. The highest BCUT2D eigenvalue weighted by atomic mass is 79.9. The molecule has 0 aliphatic carbocycles. The van der Waals surface area contributed by atoms with Crippen LogP contribution in [0.5, 0.6) is 17.2 Å². The SMILES string of the molecule is CCOc1cc(CNc2ccc(OC)c(Cl)c2)cc(Br)c1OC. The van der Waals surface area contributed by atoms with Crippen molar-refractivity contribution >= 4 is 33.2 Å². The van der Waals surface area contributed by atoms with Gasteiger partial charge in [-0.05, 0) is 58.7 Å². The summed E-state index contributed by atoms with van der Waals surface area (Å²) < 4.78 is 17.0. The van der Waals surface area contributed by atoms with E-state index in [0.29, 0.717) is 35.4 Å². The van der Waals surface area contributed by atoms with Crippen molar-refractivity contribution in [1.82, 2.24) is 0 Å². The number of hydrogen-bond acceptors (Lipinski definition) is 4. The molecule has 1 N–H and O–H groups in total. The number of hydrogen-bond donors (Lipinski definition) is 1. The first-order chi connectivity index (χ1) is 11.1. The molecule has 2 aromatic carbocycles. The summed E-state index contributed by atoms with van der Waals surface area (Å²) in [6.45, 7) is 3.15. The maximum Gasteiger partial charge on any atom is 0.174 e. The summed E-state index contributed by atoms with van der Waals surface area (Å²) in [5, 5.41) is 3.90. The Morgan fingerprint density at radius 2 is 1.87 bits per heavy atom. The van der Waals surface area contributed by atoms with E-state index in [2.05, 4.69) is 21.2 Å². The number of anilines is 1. The maximum atomic E-state index is 6.13. The van der Waals surface area contributed by atoms with Crippen LogP contribution in [-0.4, -0.2) is 20.8 Å². The van der Waals surface area contributed by atoms with E-state index in [4.69, 9.17) is 25.8 Å². The van der Waals surface area contributed by atoms with E-state index in [-0.39, 0.29) is 0 Å². The van der Waals surface area contributed by atoms with Crippen LogP contribution in [0, 0.1) is 0 Å². The molecule has 0 unspecified atom stereocenters. The van der Waals surface area contributed by atoms with Gasteiger partial charge in [-0.25, -0.2) is 0 Å². The van der Waals surface area contributed by atoms with Gasteiger partial charge in [0.15, 0.2) is 11.5 Å². The van der Waals surface area contributed by atoms with Gasteiger partial charge in [0.2, 0.25) is 0 Å². The van der Waals surface area contributed by atoms with Crippen molar-refractivity contribution in [1.29, 1.82) is 0 Å². The van der Waals surface area contributed by atoms with Gasteiger partial charge < -0.3 is 19.5 Å². The molecule has 23 heavy (non-hydrogen) atoms. The molecule has 0 radical (unpaired) electrons. The van der Waals surface area contributed by atoms with Gasteiger partial charge in [0.25, 0.3) is 0 Å². The van der Waals surface area contributed by atoms with E-state index in [1.807, 2.05) is 37.3 Å². The summed E-state index contributed by atoms with van der Waals surface area (Å²) >= 11 is 9.65. The second-order valence-corrected chi connectivity index (χ2v) is 6.01. The lowest BCUT2D eigenvalue weighted by atomic mass is 10.2. The summed E-state index contributed by atoms with van der Waals surface area (Å²) in [5.74, 6) is 2.07. The monoisotopic (exact) mass is 399 g/mol. The fraction of sp³-hybridized carbons (Fsp3) is 0.294. The Balaban J connectivity index is 2.15. The number of rotatable bonds is 7. The van der Waals surface area contributed by atoms with Crippen LogP contribution < -0.4 is 19.5 Å². The molecule has 0 aliphatic heterocycles. The third-order valence-electron chi connectivity index (χ3n) is 3.22. The molecule has 0 atom stereocenters. The second kappa shape index (κ2) is 8.31. The predicted octanol–water partition coefficient (Wildman–Crippen LogP) is 5.13. The fourth-order valence-corrected chi connectivity index (χ4v) is 3.07. The minimum Gasteiger partial charge on any atom is -0.495 e. The van der Waals surface area contributed by atoms with Gasteiger partial charge in [0.1, 0.15) is 5.75 Å². The van der Waals surface area contributed by atoms with Crippen molar-refractivity contribution in [2.45, 2.75) is 13.5 Å². The van der Waals surface area contributed by atoms with Gasteiger partial charge >= 0.3 is 0 Å². The zero-order valence-electron chi connectivity index (χ0n) is 13.3. The molecule has 0 bridgehead atoms. The van der Waals surface area contributed by atoms with Crippen LogP contribution in [0.4, 0.5) is 5.69 Å². The molecule has 0 aromatic heterocycles. The van der Waals surface area contributed by atoms with Gasteiger partial charge in [0, 0.05) is 12.2 Å². The molecule has 6 heteroatoms. The summed E-state index contributed by atoms with van der Waals surface area (Å²) in [5.41, 5.74) is 1.98. The number of ether oxygens (including phenoxy) is 3. The molecule has 124 valence electrons. The Morgan fingerprint density at radius 3 is 2.48 bits per heavy atom.